The zero-order valence-electron chi connectivity index (χ0n) is 14.4. The van der Waals surface area contributed by atoms with Crippen molar-refractivity contribution in [2.24, 2.45) is 5.41 Å². The maximum Gasteiger partial charge on any atom is 0.303 e. The molecule has 0 amide bonds. The molecule has 1 unspecified atom stereocenters. The maximum atomic E-state index is 11.7. The van der Waals surface area contributed by atoms with Crippen molar-refractivity contribution in [2.75, 3.05) is 0 Å². The van der Waals surface area contributed by atoms with E-state index in [1.807, 2.05) is 6.07 Å². The van der Waals surface area contributed by atoms with Crippen molar-refractivity contribution < 1.29 is 38.1 Å². The molecule has 0 aliphatic heterocycles. The van der Waals surface area contributed by atoms with Crippen LogP contribution in [0.2, 0.25) is 0 Å². The minimum atomic E-state index is -1.87. The summed E-state index contributed by atoms with van der Waals surface area (Å²) in [6, 6.07) is 1.93. The van der Waals surface area contributed by atoms with E-state index in [0.717, 1.165) is 33.2 Å². The highest BCUT2D eigenvalue weighted by Crippen LogP contribution is 2.73. The quantitative estimate of drug-likeness (QED) is 0.508. The number of rotatable bonds is 4. The van der Waals surface area contributed by atoms with Crippen LogP contribution in [0, 0.1) is 16.7 Å². The first-order valence-corrected chi connectivity index (χ1v) is 7.95. The van der Waals surface area contributed by atoms with E-state index in [2.05, 4.69) is 0 Å². The molecule has 5 atom stereocenters. The van der Waals surface area contributed by atoms with Crippen molar-refractivity contribution in [1.82, 2.24) is 0 Å². The number of ether oxygens (including phenoxy) is 4. The summed E-state index contributed by atoms with van der Waals surface area (Å²) in [5.41, 5.74) is -2.63. The summed E-state index contributed by atoms with van der Waals surface area (Å²) in [5, 5.41) is 9.82. The highest BCUT2D eigenvalue weighted by atomic mass is 35.5. The molecule has 0 aromatic rings. The lowest BCUT2D eigenvalue weighted by atomic mass is 9.97. The van der Waals surface area contributed by atoms with E-state index in [0.29, 0.717) is 0 Å². The smallest absolute Gasteiger partial charge is 0.303 e. The van der Waals surface area contributed by atoms with Crippen molar-refractivity contribution in [3.05, 3.63) is 11.1 Å². The molecule has 0 N–H and O–H groups in total. The van der Waals surface area contributed by atoms with Crippen LogP contribution in [0.1, 0.15) is 27.7 Å². The van der Waals surface area contributed by atoms with Crippen molar-refractivity contribution in [3.63, 3.8) is 0 Å². The van der Waals surface area contributed by atoms with Gasteiger partial charge in [-0.05, 0) is 0 Å². The lowest BCUT2D eigenvalue weighted by Crippen LogP contribution is -2.46. The third-order valence-electron chi connectivity index (χ3n) is 4.25. The van der Waals surface area contributed by atoms with Gasteiger partial charge in [0.2, 0.25) is 5.60 Å². The van der Waals surface area contributed by atoms with Crippen LogP contribution in [0.5, 0.6) is 0 Å². The Morgan fingerprint density at radius 2 is 1.54 bits per heavy atom. The molecule has 0 heterocycles. The predicted octanol–water partition coefficient (Wildman–Crippen LogP) is 0.743. The normalized spacial score (nSPS) is 35.7. The fourth-order valence-electron chi connectivity index (χ4n) is 3.56. The van der Waals surface area contributed by atoms with Crippen LogP contribution >= 0.6 is 11.6 Å². The summed E-state index contributed by atoms with van der Waals surface area (Å²) in [5.74, 6) is -3.08. The van der Waals surface area contributed by atoms with Crippen LogP contribution in [-0.2, 0) is 38.1 Å². The van der Waals surface area contributed by atoms with Gasteiger partial charge >= 0.3 is 23.9 Å². The van der Waals surface area contributed by atoms with Gasteiger partial charge in [0.05, 0.1) is 6.07 Å². The Balaban J connectivity index is 2.68. The second-order valence-electron chi connectivity index (χ2n) is 5.92. The van der Waals surface area contributed by atoms with Crippen molar-refractivity contribution >= 4 is 35.5 Å². The second kappa shape index (κ2) is 6.61. The standard InChI is InChI=1S/C16H16ClNO8/c1-7(19)23-12-11(5-17)15(6-18)14(25-9(3)21)16(15,26-10(4)22)13(12)24-8(2)20/h5,12-14H,1-4H3/b11-5-/t12-,13-,14?,15+,16+/m0/s1. The molecule has 26 heavy (non-hydrogen) atoms. The van der Waals surface area contributed by atoms with Crippen LogP contribution < -0.4 is 0 Å². The van der Waals surface area contributed by atoms with Gasteiger partial charge in [-0.15, -0.1) is 0 Å². The molecule has 9 nitrogen and oxygen atoms in total. The molecule has 0 aromatic carbocycles. The number of carbonyl (C=O) groups is 4. The summed E-state index contributed by atoms with van der Waals surface area (Å²) >= 11 is 5.85. The fourth-order valence-corrected chi connectivity index (χ4v) is 3.86. The van der Waals surface area contributed by atoms with E-state index >= 15 is 0 Å². The molecule has 2 aliphatic carbocycles. The molecule has 0 aromatic heterocycles. The largest absolute Gasteiger partial charge is 0.456 e. The number of hydrogen-bond donors (Lipinski definition) is 0. The Hall–Kier alpha value is -2.60. The van der Waals surface area contributed by atoms with Gasteiger partial charge in [-0.3, -0.25) is 19.2 Å². The summed E-state index contributed by atoms with van der Waals surface area (Å²) in [6.07, 6.45) is -3.97. The van der Waals surface area contributed by atoms with E-state index in [-0.39, 0.29) is 5.57 Å². The van der Waals surface area contributed by atoms with Gasteiger partial charge in [0.25, 0.3) is 0 Å². The van der Waals surface area contributed by atoms with Crippen LogP contribution in [0.15, 0.2) is 11.1 Å². The first-order chi connectivity index (χ1) is 12.1. The van der Waals surface area contributed by atoms with Gasteiger partial charge in [0.1, 0.15) is 0 Å². The third-order valence-corrected chi connectivity index (χ3v) is 4.49. The Kier molecular flexibility index (Phi) is 5.01. The number of halogens is 1. The first-order valence-electron chi connectivity index (χ1n) is 7.51. The molecule has 2 aliphatic rings. The van der Waals surface area contributed by atoms with E-state index in [1.165, 1.54) is 0 Å². The predicted molar refractivity (Wildman–Crippen MR) is 83.1 cm³/mol. The van der Waals surface area contributed by atoms with Gasteiger partial charge in [0.15, 0.2) is 23.7 Å². The molecule has 0 spiro atoms. The number of hydrogen-bond acceptors (Lipinski definition) is 9. The summed E-state index contributed by atoms with van der Waals surface area (Å²) in [4.78, 5) is 46.3. The molecule has 10 heteroatoms. The van der Waals surface area contributed by atoms with Crippen molar-refractivity contribution in [2.45, 2.75) is 51.6 Å². The molecular formula is C16H16ClNO8. The molecule has 140 valence electrons. The minimum absolute atomic E-state index is 0.00983. The molecule has 0 radical (unpaired) electrons. The van der Waals surface area contributed by atoms with E-state index in [4.69, 9.17) is 30.5 Å². The number of nitriles is 1. The maximum absolute atomic E-state index is 11.7. The molecule has 2 saturated carbocycles. The molecule has 2 fully saturated rings. The number of nitrogens with zero attached hydrogens (tertiary/aromatic N) is 1. The van der Waals surface area contributed by atoms with Gasteiger partial charge in [-0.2, -0.15) is 5.26 Å². The van der Waals surface area contributed by atoms with Crippen molar-refractivity contribution in [1.29, 1.82) is 5.26 Å². The summed E-state index contributed by atoms with van der Waals surface area (Å²) in [7, 11) is 0. The topological polar surface area (TPSA) is 129 Å². The van der Waals surface area contributed by atoms with Crippen LogP contribution in [-0.4, -0.2) is 47.8 Å². The molecule has 2 rings (SSSR count). The Morgan fingerprint density at radius 3 is 1.92 bits per heavy atom. The number of fused-ring (bicyclic) bond motifs is 1. The van der Waals surface area contributed by atoms with E-state index < -0.39 is 53.2 Å². The molecular weight excluding hydrogens is 370 g/mol. The van der Waals surface area contributed by atoms with Crippen LogP contribution in [0.3, 0.4) is 0 Å². The zero-order valence-corrected chi connectivity index (χ0v) is 15.2. The highest BCUT2D eigenvalue weighted by Gasteiger charge is 2.95. The van der Waals surface area contributed by atoms with Gasteiger partial charge in [-0.25, -0.2) is 0 Å². The lowest BCUT2D eigenvalue weighted by Gasteiger charge is -2.28. The van der Waals surface area contributed by atoms with Gasteiger partial charge in [-0.1, -0.05) is 11.6 Å². The Labute approximate surface area is 153 Å². The molecule has 0 bridgehead atoms. The average molecular weight is 386 g/mol. The van der Waals surface area contributed by atoms with E-state index in [9.17, 15) is 24.4 Å². The van der Waals surface area contributed by atoms with Crippen LogP contribution in [0.25, 0.3) is 0 Å². The highest BCUT2D eigenvalue weighted by molar-refractivity contribution is 6.26. The van der Waals surface area contributed by atoms with Crippen LogP contribution in [0.4, 0.5) is 0 Å². The summed E-state index contributed by atoms with van der Waals surface area (Å²) in [6.45, 7) is 4.39. The SMILES string of the molecule is CC(=O)OC1[C@@]2(C#N)/C(=C\Cl)[C@H](OC(C)=O)[C@H](OC(C)=O)[C@@]12OC(C)=O. The minimum Gasteiger partial charge on any atom is -0.456 e. The average Bonchev–Trinajstić information content (AvgIpc) is 2.95. The Morgan fingerprint density at radius 1 is 1.00 bits per heavy atom. The van der Waals surface area contributed by atoms with E-state index in [1.54, 1.807) is 0 Å². The Bertz CT molecular complexity index is 756. The fraction of sp³-hybridized carbons (Fsp3) is 0.562. The first kappa shape index (κ1) is 19.7. The van der Waals surface area contributed by atoms with Crippen molar-refractivity contribution in [3.8, 4) is 6.07 Å². The zero-order chi connectivity index (χ0) is 19.9. The summed E-state index contributed by atoms with van der Waals surface area (Å²) < 4.78 is 20.9. The van der Waals surface area contributed by atoms with Gasteiger partial charge in [0, 0.05) is 38.8 Å². The second-order valence-corrected chi connectivity index (χ2v) is 6.14. The van der Waals surface area contributed by atoms with Gasteiger partial charge < -0.3 is 18.9 Å². The monoisotopic (exact) mass is 385 g/mol. The number of carbonyl (C=O) groups excluding carboxylic acids is 4. The third kappa shape index (κ3) is 2.61. The number of esters is 4. The lowest BCUT2D eigenvalue weighted by molar-refractivity contribution is -0.186. The molecule has 0 saturated heterocycles.